The minimum absolute atomic E-state index is 0.0844. The van der Waals surface area contributed by atoms with E-state index >= 15 is 0 Å². The number of carbonyl (C=O) groups is 2. The highest BCUT2D eigenvalue weighted by Gasteiger charge is 2.39. The summed E-state index contributed by atoms with van der Waals surface area (Å²) in [6.07, 6.45) is 0. The van der Waals surface area contributed by atoms with Gasteiger partial charge in [-0.3, -0.25) is 9.69 Å². The van der Waals surface area contributed by atoms with Crippen molar-refractivity contribution in [1.82, 2.24) is 4.90 Å². The van der Waals surface area contributed by atoms with E-state index in [0.29, 0.717) is 27.9 Å². The minimum atomic E-state index is -0.428. The lowest BCUT2D eigenvalue weighted by Crippen LogP contribution is -2.29. The van der Waals surface area contributed by atoms with Gasteiger partial charge in [0.05, 0.1) is 35.6 Å². The van der Waals surface area contributed by atoms with Gasteiger partial charge in [-0.15, -0.1) is 0 Å². The van der Waals surface area contributed by atoms with Crippen molar-refractivity contribution in [2.75, 3.05) is 19.1 Å². The van der Waals surface area contributed by atoms with Crippen LogP contribution in [0.25, 0.3) is 0 Å². The standard InChI is InChI=1S/C26H21N3O3S2/c1-28-20-13-6-7-14-21(20)33-24(28)22-23(30)29(16-17-9-4-3-5-10-17)26(34-22)27-19-12-8-11-18(15-19)25(31)32-2/h3-15H,16H2,1-2H3/b24-22-,27-26?. The molecular formula is C26H21N3O3S2. The Morgan fingerprint density at radius 3 is 2.50 bits per heavy atom. The van der Waals surface area contributed by atoms with Gasteiger partial charge in [0.15, 0.2) is 5.17 Å². The Labute approximate surface area is 206 Å². The van der Waals surface area contributed by atoms with E-state index in [1.807, 2.05) is 55.6 Å². The van der Waals surface area contributed by atoms with Gasteiger partial charge < -0.3 is 9.64 Å². The van der Waals surface area contributed by atoms with E-state index in [-0.39, 0.29) is 5.91 Å². The number of nitrogens with zero attached hydrogens (tertiary/aromatic N) is 3. The molecule has 0 atom stereocenters. The fourth-order valence-electron chi connectivity index (χ4n) is 3.76. The number of para-hydroxylation sites is 1. The first kappa shape index (κ1) is 22.3. The molecule has 0 radical (unpaired) electrons. The SMILES string of the molecule is COC(=O)c1cccc(N=C2S/C(=C3\Sc4ccccc4N3C)C(=O)N2Cc2ccccc2)c1. The number of amides is 1. The van der Waals surface area contributed by atoms with Gasteiger partial charge in [-0.05, 0) is 47.7 Å². The molecule has 1 fully saturated rings. The number of fused-ring (bicyclic) bond motifs is 1. The summed E-state index contributed by atoms with van der Waals surface area (Å²) >= 11 is 2.95. The van der Waals surface area contributed by atoms with Crippen LogP contribution in [0.2, 0.25) is 0 Å². The second kappa shape index (κ2) is 9.40. The number of aliphatic imine (C=N–C) groups is 1. The van der Waals surface area contributed by atoms with E-state index < -0.39 is 5.97 Å². The maximum Gasteiger partial charge on any atom is 0.337 e. The number of methoxy groups -OCH3 is 1. The van der Waals surface area contributed by atoms with E-state index in [1.54, 1.807) is 34.9 Å². The molecule has 170 valence electrons. The molecule has 0 aliphatic carbocycles. The van der Waals surface area contributed by atoms with Crippen molar-refractivity contribution < 1.29 is 14.3 Å². The van der Waals surface area contributed by atoms with Crippen molar-refractivity contribution in [3.8, 4) is 0 Å². The van der Waals surface area contributed by atoms with Crippen LogP contribution in [0.15, 0.2) is 98.7 Å². The quantitative estimate of drug-likeness (QED) is 0.350. The number of hydrogen-bond donors (Lipinski definition) is 0. The Morgan fingerprint density at radius 1 is 0.971 bits per heavy atom. The van der Waals surface area contributed by atoms with Crippen LogP contribution < -0.4 is 4.90 Å². The third kappa shape index (κ3) is 4.22. The number of benzene rings is 3. The number of carbonyl (C=O) groups excluding carboxylic acids is 2. The molecule has 3 aromatic rings. The molecule has 0 unspecified atom stereocenters. The van der Waals surface area contributed by atoms with Crippen molar-refractivity contribution in [1.29, 1.82) is 0 Å². The summed E-state index contributed by atoms with van der Waals surface area (Å²) in [7, 11) is 3.33. The van der Waals surface area contributed by atoms with E-state index in [2.05, 4.69) is 17.0 Å². The molecule has 0 spiro atoms. The predicted molar refractivity (Wildman–Crippen MR) is 137 cm³/mol. The summed E-state index contributed by atoms with van der Waals surface area (Å²) in [5.74, 6) is -0.512. The van der Waals surface area contributed by atoms with Gasteiger partial charge in [0, 0.05) is 11.9 Å². The molecular weight excluding hydrogens is 466 g/mol. The normalized spacial score (nSPS) is 18.5. The Hall–Kier alpha value is -3.49. The van der Waals surface area contributed by atoms with Crippen molar-refractivity contribution >= 4 is 51.9 Å². The molecule has 0 aromatic heterocycles. The molecule has 0 saturated carbocycles. The molecule has 3 aromatic carbocycles. The summed E-state index contributed by atoms with van der Waals surface area (Å²) in [6, 6.07) is 24.9. The second-order valence-electron chi connectivity index (χ2n) is 7.68. The van der Waals surface area contributed by atoms with Crippen LogP contribution in [0.5, 0.6) is 0 Å². The topological polar surface area (TPSA) is 62.2 Å². The molecule has 0 N–H and O–H groups in total. The highest BCUT2D eigenvalue weighted by atomic mass is 32.2. The first-order valence-electron chi connectivity index (χ1n) is 10.6. The zero-order valence-electron chi connectivity index (χ0n) is 18.6. The fourth-order valence-corrected chi connectivity index (χ4v) is 6.10. The van der Waals surface area contributed by atoms with Crippen molar-refractivity contribution in [2.24, 2.45) is 4.99 Å². The van der Waals surface area contributed by atoms with Crippen molar-refractivity contribution in [3.05, 3.63) is 99.9 Å². The first-order chi connectivity index (χ1) is 16.5. The van der Waals surface area contributed by atoms with Gasteiger partial charge in [0.2, 0.25) is 0 Å². The number of esters is 1. The number of ether oxygens (including phenoxy) is 1. The number of amidine groups is 1. The molecule has 2 aliphatic rings. The van der Waals surface area contributed by atoms with Gasteiger partial charge in [-0.1, -0.05) is 60.3 Å². The summed E-state index contributed by atoms with van der Waals surface area (Å²) < 4.78 is 4.83. The lowest BCUT2D eigenvalue weighted by atomic mass is 10.2. The Balaban J connectivity index is 1.55. The largest absolute Gasteiger partial charge is 0.465 e. The zero-order valence-corrected chi connectivity index (χ0v) is 20.2. The van der Waals surface area contributed by atoms with Gasteiger partial charge >= 0.3 is 5.97 Å². The average Bonchev–Trinajstić information content (AvgIpc) is 3.36. The van der Waals surface area contributed by atoms with Gasteiger partial charge in [-0.25, -0.2) is 9.79 Å². The summed E-state index contributed by atoms with van der Waals surface area (Å²) in [4.78, 5) is 35.9. The maximum atomic E-state index is 13.7. The molecule has 2 heterocycles. The summed E-state index contributed by atoms with van der Waals surface area (Å²) in [5, 5.41) is 1.46. The molecule has 6 nitrogen and oxygen atoms in total. The van der Waals surface area contributed by atoms with Gasteiger partial charge in [0.1, 0.15) is 4.91 Å². The average molecular weight is 488 g/mol. The van der Waals surface area contributed by atoms with Crippen LogP contribution in [-0.2, 0) is 16.1 Å². The van der Waals surface area contributed by atoms with Crippen LogP contribution in [0.1, 0.15) is 15.9 Å². The molecule has 8 heteroatoms. The third-order valence-electron chi connectivity index (χ3n) is 5.47. The van der Waals surface area contributed by atoms with Crippen LogP contribution in [0, 0.1) is 0 Å². The fraction of sp³-hybridized carbons (Fsp3) is 0.115. The van der Waals surface area contributed by atoms with E-state index in [1.165, 1.54) is 18.9 Å². The Kier molecular flexibility index (Phi) is 6.17. The minimum Gasteiger partial charge on any atom is -0.465 e. The van der Waals surface area contributed by atoms with E-state index in [0.717, 1.165) is 21.2 Å². The van der Waals surface area contributed by atoms with Gasteiger partial charge in [-0.2, -0.15) is 0 Å². The van der Waals surface area contributed by atoms with Crippen LogP contribution >= 0.6 is 23.5 Å². The van der Waals surface area contributed by atoms with Crippen molar-refractivity contribution in [3.63, 3.8) is 0 Å². The highest BCUT2D eigenvalue weighted by Crippen LogP contribution is 2.50. The smallest absolute Gasteiger partial charge is 0.337 e. The number of anilines is 1. The summed E-state index contributed by atoms with van der Waals surface area (Å²) in [6.45, 7) is 0.403. The Morgan fingerprint density at radius 2 is 1.74 bits per heavy atom. The first-order valence-corrected chi connectivity index (χ1v) is 12.2. The molecule has 2 aliphatic heterocycles. The van der Waals surface area contributed by atoms with E-state index in [9.17, 15) is 9.59 Å². The monoisotopic (exact) mass is 487 g/mol. The zero-order chi connectivity index (χ0) is 23.7. The van der Waals surface area contributed by atoms with Crippen LogP contribution in [0.3, 0.4) is 0 Å². The van der Waals surface area contributed by atoms with E-state index in [4.69, 9.17) is 9.73 Å². The number of rotatable bonds is 4. The molecule has 34 heavy (non-hydrogen) atoms. The van der Waals surface area contributed by atoms with Crippen LogP contribution in [-0.4, -0.2) is 36.1 Å². The summed E-state index contributed by atoms with van der Waals surface area (Å²) in [5.41, 5.74) is 3.08. The second-order valence-corrected chi connectivity index (χ2v) is 9.69. The van der Waals surface area contributed by atoms with Crippen LogP contribution in [0.4, 0.5) is 11.4 Å². The lowest BCUT2D eigenvalue weighted by Gasteiger charge is -2.17. The molecule has 5 rings (SSSR count). The molecule has 1 amide bonds. The Bertz CT molecular complexity index is 1340. The van der Waals surface area contributed by atoms with Gasteiger partial charge in [0.25, 0.3) is 5.91 Å². The van der Waals surface area contributed by atoms with Crippen molar-refractivity contribution in [2.45, 2.75) is 11.4 Å². The molecule has 1 saturated heterocycles. The predicted octanol–water partition coefficient (Wildman–Crippen LogP) is 5.65. The highest BCUT2D eigenvalue weighted by molar-refractivity contribution is 8.19. The number of hydrogen-bond acceptors (Lipinski definition) is 7. The molecule has 0 bridgehead atoms. The number of thioether (sulfide) groups is 2. The third-order valence-corrected chi connectivity index (χ3v) is 7.90. The maximum absolute atomic E-state index is 13.7. The lowest BCUT2D eigenvalue weighted by molar-refractivity contribution is -0.122.